The number of rotatable bonds is 3. The van der Waals surface area contributed by atoms with Crippen LogP contribution in [0, 0.1) is 12.7 Å². The molecule has 0 aliphatic heterocycles. The number of carbonyl (C=O) groups excluding carboxylic acids is 1. The Morgan fingerprint density at radius 3 is 2.76 bits per heavy atom. The van der Waals surface area contributed by atoms with Crippen LogP contribution in [-0.4, -0.2) is 6.03 Å². The highest BCUT2D eigenvalue weighted by molar-refractivity contribution is 9.10. The van der Waals surface area contributed by atoms with Crippen molar-refractivity contribution in [3.05, 3.63) is 62.8 Å². The quantitative estimate of drug-likeness (QED) is 0.794. The first-order valence-corrected chi connectivity index (χ1v) is 7.38. The van der Waals surface area contributed by atoms with E-state index in [1.165, 1.54) is 6.07 Å². The van der Waals surface area contributed by atoms with Crippen LogP contribution in [0.1, 0.15) is 11.1 Å². The van der Waals surface area contributed by atoms with Gasteiger partial charge < -0.3 is 10.6 Å². The molecule has 0 spiro atoms. The van der Waals surface area contributed by atoms with Crippen LogP contribution in [0.3, 0.4) is 0 Å². The fourth-order valence-electron chi connectivity index (χ4n) is 1.70. The lowest BCUT2D eigenvalue weighted by molar-refractivity contribution is 0.251. The molecule has 6 heteroatoms. The molecule has 0 aliphatic carbocycles. The molecule has 0 unspecified atom stereocenters. The third-order valence-electron chi connectivity index (χ3n) is 2.88. The molecule has 21 heavy (non-hydrogen) atoms. The topological polar surface area (TPSA) is 41.1 Å². The number of aryl methyl sites for hydroxylation is 1. The highest BCUT2D eigenvalue weighted by Crippen LogP contribution is 2.20. The molecule has 0 heterocycles. The second kappa shape index (κ2) is 6.91. The average Bonchev–Trinajstić information content (AvgIpc) is 2.44. The van der Waals surface area contributed by atoms with Crippen LogP contribution < -0.4 is 10.6 Å². The van der Waals surface area contributed by atoms with Gasteiger partial charge in [-0.1, -0.05) is 33.6 Å². The van der Waals surface area contributed by atoms with E-state index in [-0.39, 0.29) is 12.4 Å². The predicted octanol–water partition coefficient (Wildman–Crippen LogP) is 4.87. The predicted molar refractivity (Wildman–Crippen MR) is 86.1 cm³/mol. The van der Waals surface area contributed by atoms with E-state index in [9.17, 15) is 9.18 Å². The monoisotopic (exact) mass is 370 g/mol. The van der Waals surface area contributed by atoms with Crippen molar-refractivity contribution in [3.63, 3.8) is 0 Å². The lowest BCUT2D eigenvalue weighted by Gasteiger charge is -2.09. The van der Waals surface area contributed by atoms with Gasteiger partial charge >= 0.3 is 6.03 Å². The molecule has 0 aromatic heterocycles. The minimum Gasteiger partial charge on any atom is -0.334 e. The molecule has 2 amide bonds. The van der Waals surface area contributed by atoms with Gasteiger partial charge in [0.05, 0.1) is 0 Å². The zero-order valence-corrected chi connectivity index (χ0v) is 13.6. The molecule has 0 aliphatic rings. The van der Waals surface area contributed by atoms with Gasteiger partial charge in [0, 0.05) is 27.3 Å². The lowest BCUT2D eigenvalue weighted by atomic mass is 10.2. The number of carbonyl (C=O) groups is 1. The van der Waals surface area contributed by atoms with Crippen molar-refractivity contribution in [3.8, 4) is 0 Å². The summed E-state index contributed by atoms with van der Waals surface area (Å²) >= 11 is 9.24. The van der Waals surface area contributed by atoms with Gasteiger partial charge in [-0.15, -0.1) is 0 Å². The number of benzene rings is 2. The van der Waals surface area contributed by atoms with Crippen molar-refractivity contribution in [2.24, 2.45) is 0 Å². The molecule has 3 nitrogen and oxygen atoms in total. The molecule has 0 radical (unpaired) electrons. The number of urea groups is 1. The van der Waals surface area contributed by atoms with Crippen molar-refractivity contribution in [2.45, 2.75) is 13.5 Å². The molecular weight excluding hydrogens is 359 g/mol. The first-order chi connectivity index (χ1) is 9.95. The van der Waals surface area contributed by atoms with Crippen molar-refractivity contribution < 1.29 is 9.18 Å². The zero-order chi connectivity index (χ0) is 15.4. The molecule has 2 aromatic rings. The number of amides is 2. The summed E-state index contributed by atoms with van der Waals surface area (Å²) in [5.41, 5.74) is 1.91. The SMILES string of the molecule is Cc1ccc(NC(=O)NCc2cc(Br)ccc2F)cc1Cl. The van der Waals surface area contributed by atoms with E-state index in [1.54, 1.807) is 24.3 Å². The maximum atomic E-state index is 13.5. The molecule has 110 valence electrons. The van der Waals surface area contributed by atoms with Gasteiger partial charge in [-0.2, -0.15) is 0 Å². The Morgan fingerprint density at radius 2 is 2.05 bits per heavy atom. The standard InChI is InChI=1S/C15H13BrClFN2O/c1-9-2-4-12(7-13(9)17)20-15(21)19-8-10-6-11(16)3-5-14(10)18/h2-7H,8H2,1H3,(H2,19,20,21). The van der Waals surface area contributed by atoms with E-state index in [1.807, 2.05) is 13.0 Å². The van der Waals surface area contributed by atoms with E-state index in [0.717, 1.165) is 10.0 Å². The summed E-state index contributed by atoms with van der Waals surface area (Å²) in [4.78, 5) is 11.8. The summed E-state index contributed by atoms with van der Waals surface area (Å²) in [6.45, 7) is 1.97. The maximum Gasteiger partial charge on any atom is 0.319 e. The molecule has 2 N–H and O–H groups in total. The highest BCUT2D eigenvalue weighted by Gasteiger charge is 2.06. The summed E-state index contributed by atoms with van der Waals surface area (Å²) in [7, 11) is 0. The normalized spacial score (nSPS) is 10.3. The van der Waals surface area contributed by atoms with Gasteiger partial charge in [0.1, 0.15) is 5.82 Å². The van der Waals surface area contributed by atoms with Crippen LogP contribution in [-0.2, 0) is 6.54 Å². The number of hydrogen-bond donors (Lipinski definition) is 2. The van der Waals surface area contributed by atoms with E-state index in [0.29, 0.717) is 16.3 Å². The lowest BCUT2D eigenvalue weighted by Crippen LogP contribution is -2.28. The van der Waals surface area contributed by atoms with Gasteiger partial charge in [-0.3, -0.25) is 0 Å². The summed E-state index contributed by atoms with van der Waals surface area (Å²) in [6.07, 6.45) is 0. The van der Waals surface area contributed by atoms with Crippen molar-refractivity contribution in [2.75, 3.05) is 5.32 Å². The second-order valence-electron chi connectivity index (χ2n) is 4.51. The maximum absolute atomic E-state index is 13.5. The minimum atomic E-state index is -0.422. The van der Waals surface area contributed by atoms with Gasteiger partial charge in [-0.05, 0) is 42.8 Å². The fraction of sp³-hybridized carbons (Fsp3) is 0.133. The number of halogens is 3. The third kappa shape index (κ3) is 4.44. The van der Waals surface area contributed by atoms with Gasteiger partial charge in [0.25, 0.3) is 0 Å². The van der Waals surface area contributed by atoms with E-state index in [2.05, 4.69) is 26.6 Å². The van der Waals surface area contributed by atoms with Crippen LogP contribution in [0.2, 0.25) is 5.02 Å². The van der Waals surface area contributed by atoms with E-state index >= 15 is 0 Å². The highest BCUT2D eigenvalue weighted by atomic mass is 79.9. The Kier molecular flexibility index (Phi) is 5.20. The van der Waals surface area contributed by atoms with E-state index < -0.39 is 6.03 Å². The van der Waals surface area contributed by atoms with Gasteiger partial charge in [0.2, 0.25) is 0 Å². The van der Waals surface area contributed by atoms with Gasteiger partial charge in [-0.25, -0.2) is 9.18 Å². The molecule has 0 saturated heterocycles. The van der Waals surface area contributed by atoms with Crippen molar-refractivity contribution in [1.82, 2.24) is 5.32 Å². The smallest absolute Gasteiger partial charge is 0.319 e. The molecule has 0 bridgehead atoms. The first-order valence-electron chi connectivity index (χ1n) is 6.20. The van der Waals surface area contributed by atoms with Gasteiger partial charge in [0.15, 0.2) is 0 Å². The molecule has 2 rings (SSSR count). The molecule has 0 atom stereocenters. The average molecular weight is 372 g/mol. The molecular formula is C15H13BrClFN2O. The Balaban J connectivity index is 1.95. The second-order valence-corrected chi connectivity index (χ2v) is 5.83. The van der Waals surface area contributed by atoms with Crippen LogP contribution >= 0.6 is 27.5 Å². The number of hydrogen-bond acceptors (Lipinski definition) is 1. The summed E-state index contributed by atoms with van der Waals surface area (Å²) in [5, 5.41) is 5.82. The summed E-state index contributed by atoms with van der Waals surface area (Å²) < 4.78 is 14.3. The van der Waals surface area contributed by atoms with Crippen LogP contribution in [0.5, 0.6) is 0 Å². The Hall–Kier alpha value is -1.59. The first kappa shape index (κ1) is 15.8. The Labute approximate surface area is 135 Å². The number of nitrogens with one attached hydrogen (secondary N) is 2. The largest absolute Gasteiger partial charge is 0.334 e. The van der Waals surface area contributed by atoms with Crippen molar-refractivity contribution >= 4 is 39.2 Å². The molecule has 0 saturated carbocycles. The van der Waals surface area contributed by atoms with Crippen LogP contribution in [0.15, 0.2) is 40.9 Å². The summed E-state index contributed by atoms with van der Waals surface area (Å²) in [5.74, 6) is -0.364. The Morgan fingerprint density at radius 1 is 1.29 bits per heavy atom. The van der Waals surface area contributed by atoms with Crippen LogP contribution in [0.25, 0.3) is 0 Å². The zero-order valence-electron chi connectivity index (χ0n) is 11.2. The Bertz CT molecular complexity index is 679. The number of anilines is 1. The fourth-order valence-corrected chi connectivity index (χ4v) is 2.29. The molecule has 0 fully saturated rings. The van der Waals surface area contributed by atoms with Crippen LogP contribution in [0.4, 0.5) is 14.9 Å². The van der Waals surface area contributed by atoms with E-state index in [4.69, 9.17) is 11.6 Å². The van der Waals surface area contributed by atoms with Crippen molar-refractivity contribution in [1.29, 1.82) is 0 Å². The third-order valence-corrected chi connectivity index (χ3v) is 3.78. The molecule has 2 aromatic carbocycles. The minimum absolute atomic E-state index is 0.0939. The summed E-state index contributed by atoms with van der Waals surface area (Å²) in [6, 6.07) is 9.38.